The number of methoxy groups -OCH3 is 1. The lowest BCUT2D eigenvalue weighted by molar-refractivity contribution is -0.124. The topological polar surface area (TPSA) is 61.9 Å². The van der Waals surface area contributed by atoms with Crippen LogP contribution >= 0.6 is 0 Å². The summed E-state index contributed by atoms with van der Waals surface area (Å²) >= 11 is 0. The molecular weight excluding hydrogens is 378 g/mol. The molecule has 158 valence electrons. The van der Waals surface area contributed by atoms with Crippen LogP contribution in [0, 0.1) is 0 Å². The zero-order valence-corrected chi connectivity index (χ0v) is 17.7. The number of ether oxygens (including phenoxy) is 1. The molecule has 0 radical (unpaired) electrons. The number of rotatable bonds is 5. The first-order valence-electron chi connectivity index (χ1n) is 10.6. The zero-order valence-electron chi connectivity index (χ0n) is 17.7. The van der Waals surface area contributed by atoms with E-state index < -0.39 is 0 Å². The van der Waals surface area contributed by atoms with E-state index in [-0.39, 0.29) is 17.4 Å². The molecule has 0 bridgehead atoms. The highest BCUT2D eigenvalue weighted by molar-refractivity contribution is 5.97. The summed E-state index contributed by atoms with van der Waals surface area (Å²) in [5, 5.41) is 2.79. The highest BCUT2D eigenvalue weighted by Crippen LogP contribution is 2.41. The summed E-state index contributed by atoms with van der Waals surface area (Å²) in [5.74, 6) is 0.877. The first-order chi connectivity index (χ1) is 14.5. The lowest BCUT2D eigenvalue weighted by atomic mass is 9.90. The molecule has 2 aromatic carbocycles. The molecule has 1 saturated heterocycles. The van der Waals surface area contributed by atoms with Gasteiger partial charge in [-0.3, -0.25) is 14.5 Å². The Balaban J connectivity index is 1.52. The van der Waals surface area contributed by atoms with Gasteiger partial charge in [-0.05, 0) is 54.8 Å². The van der Waals surface area contributed by atoms with Crippen LogP contribution in [0.3, 0.4) is 0 Å². The Kier molecular flexibility index (Phi) is 5.77. The van der Waals surface area contributed by atoms with Crippen LogP contribution in [-0.2, 0) is 16.1 Å². The van der Waals surface area contributed by atoms with Crippen molar-refractivity contribution >= 4 is 23.2 Å². The van der Waals surface area contributed by atoms with Crippen LogP contribution < -0.4 is 15.0 Å². The second-order valence-corrected chi connectivity index (χ2v) is 8.38. The third kappa shape index (κ3) is 4.19. The predicted octanol–water partition coefficient (Wildman–Crippen LogP) is 3.82. The van der Waals surface area contributed by atoms with Crippen LogP contribution in [-0.4, -0.2) is 42.5 Å². The van der Waals surface area contributed by atoms with Crippen molar-refractivity contribution in [1.82, 2.24) is 4.90 Å². The molecule has 1 spiro atoms. The van der Waals surface area contributed by atoms with Gasteiger partial charge < -0.3 is 15.0 Å². The van der Waals surface area contributed by atoms with Gasteiger partial charge in [0.15, 0.2) is 0 Å². The van der Waals surface area contributed by atoms with Gasteiger partial charge in [0.1, 0.15) is 5.75 Å². The van der Waals surface area contributed by atoms with Gasteiger partial charge in [-0.25, -0.2) is 0 Å². The first-order valence-corrected chi connectivity index (χ1v) is 10.6. The van der Waals surface area contributed by atoms with Crippen LogP contribution in [0.1, 0.15) is 38.2 Å². The fourth-order valence-electron chi connectivity index (χ4n) is 4.90. The number of piperazine rings is 1. The standard InChI is InChI=1S/C24H29N3O3/c1-18(28)25-20-7-5-19(6-8-20)15-26-16-23(29)27(24(17-26)13-3-4-14-24)21-9-11-22(30-2)12-10-21/h5-12H,3-4,13-17H2,1-2H3,(H,25,28). The molecule has 2 aromatic rings. The van der Waals surface area contributed by atoms with Crippen molar-refractivity contribution in [2.24, 2.45) is 0 Å². The molecular formula is C24H29N3O3. The van der Waals surface area contributed by atoms with E-state index in [1.54, 1.807) is 7.11 Å². The van der Waals surface area contributed by atoms with Crippen molar-refractivity contribution in [2.75, 3.05) is 30.4 Å². The maximum absolute atomic E-state index is 13.3. The maximum atomic E-state index is 13.3. The third-order valence-corrected chi connectivity index (χ3v) is 6.15. The molecule has 1 aliphatic heterocycles. The monoisotopic (exact) mass is 407 g/mol. The summed E-state index contributed by atoms with van der Waals surface area (Å²) in [6.07, 6.45) is 4.36. The fraction of sp³-hybridized carbons (Fsp3) is 0.417. The molecule has 2 amide bonds. The quantitative estimate of drug-likeness (QED) is 0.819. The van der Waals surface area contributed by atoms with Crippen molar-refractivity contribution in [2.45, 2.75) is 44.7 Å². The molecule has 1 saturated carbocycles. The number of hydrogen-bond donors (Lipinski definition) is 1. The zero-order chi connectivity index (χ0) is 21.1. The minimum absolute atomic E-state index is 0.0776. The largest absolute Gasteiger partial charge is 0.497 e. The molecule has 6 nitrogen and oxygen atoms in total. The highest BCUT2D eigenvalue weighted by atomic mass is 16.5. The van der Waals surface area contributed by atoms with E-state index in [0.717, 1.165) is 61.5 Å². The normalized spacial score (nSPS) is 18.6. The Morgan fingerprint density at radius 2 is 1.73 bits per heavy atom. The van der Waals surface area contributed by atoms with Crippen molar-refractivity contribution in [3.8, 4) is 5.75 Å². The third-order valence-electron chi connectivity index (χ3n) is 6.15. The Morgan fingerprint density at radius 3 is 2.33 bits per heavy atom. The van der Waals surface area contributed by atoms with E-state index in [2.05, 4.69) is 15.1 Å². The van der Waals surface area contributed by atoms with E-state index in [1.165, 1.54) is 6.92 Å². The fourth-order valence-corrected chi connectivity index (χ4v) is 4.90. The summed E-state index contributed by atoms with van der Waals surface area (Å²) in [6.45, 7) is 3.51. The lowest BCUT2D eigenvalue weighted by Crippen LogP contribution is -2.63. The van der Waals surface area contributed by atoms with E-state index >= 15 is 0 Å². The van der Waals surface area contributed by atoms with Crippen LogP contribution in [0.4, 0.5) is 11.4 Å². The number of carbonyl (C=O) groups excluding carboxylic acids is 2. The molecule has 0 unspecified atom stereocenters. The number of benzene rings is 2. The van der Waals surface area contributed by atoms with Crippen LogP contribution in [0.25, 0.3) is 0 Å². The van der Waals surface area contributed by atoms with Gasteiger partial charge in [0.05, 0.1) is 19.2 Å². The highest BCUT2D eigenvalue weighted by Gasteiger charge is 2.47. The summed E-state index contributed by atoms with van der Waals surface area (Å²) in [5.41, 5.74) is 2.75. The summed E-state index contributed by atoms with van der Waals surface area (Å²) < 4.78 is 5.28. The van der Waals surface area contributed by atoms with Crippen molar-refractivity contribution in [1.29, 1.82) is 0 Å². The second kappa shape index (κ2) is 8.48. The van der Waals surface area contributed by atoms with E-state index in [9.17, 15) is 9.59 Å². The smallest absolute Gasteiger partial charge is 0.241 e. The van der Waals surface area contributed by atoms with Gasteiger partial charge in [-0.15, -0.1) is 0 Å². The molecule has 2 aliphatic rings. The van der Waals surface area contributed by atoms with E-state index in [1.807, 2.05) is 48.5 Å². The summed E-state index contributed by atoms with van der Waals surface area (Å²) in [4.78, 5) is 28.8. The van der Waals surface area contributed by atoms with E-state index in [4.69, 9.17) is 4.74 Å². The maximum Gasteiger partial charge on any atom is 0.241 e. The predicted molar refractivity (Wildman–Crippen MR) is 118 cm³/mol. The van der Waals surface area contributed by atoms with Gasteiger partial charge in [0.2, 0.25) is 11.8 Å². The first kappa shape index (κ1) is 20.4. The van der Waals surface area contributed by atoms with Gasteiger partial charge in [-0.1, -0.05) is 25.0 Å². The number of amides is 2. The second-order valence-electron chi connectivity index (χ2n) is 8.38. The van der Waals surface area contributed by atoms with Crippen LogP contribution in [0.2, 0.25) is 0 Å². The van der Waals surface area contributed by atoms with Crippen molar-refractivity contribution < 1.29 is 14.3 Å². The molecule has 1 aliphatic carbocycles. The van der Waals surface area contributed by atoms with Gasteiger partial charge >= 0.3 is 0 Å². The number of hydrogen-bond acceptors (Lipinski definition) is 4. The number of nitrogens with one attached hydrogen (secondary N) is 1. The van der Waals surface area contributed by atoms with Crippen LogP contribution in [0.15, 0.2) is 48.5 Å². The van der Waals surface area contributed by atoms with Crippen LogP contribution in [0.5, 0.6) is 5.75 Å². The van der Waals surface area contributed by atoms with Crippen molar-refractivity contribution in [3.63, 3.8) is 0 Å². The number of nitrogens with zero attached hydrogens (tertiary/aromatic N) is 2. The molecule has 4 rings (SSSR count). The molecule has 1 N–H and O–H groups in total. The molecule has 0 atom stereocenters. The summed E-state index contributed by atoms with van der Waals surface area (Å²) in [6, 6.07) is 15.7. The minimum atomic E-state index is -0.139. The van der Waals surface area contributed by atoms with Gasteiger partial charge in [0, 0.05) is 31.4 Å². The Morgan fingerprint density at radius 1 is 1.07 bits per heavy atom. The lowest BCUT2D eigenvalue weighted by Gasteiger charge is -2.49. The summed E-state index contributed by atoms with van der Waals surface area (Å²) in [7, 11) is 1.65. The SMILES string of the molecule is COc1ccc(N2C(=O)CN(Cc3ccc(NC(C)=O)cc3)CC23CCCC3)cc1. The average molecular weight is 408 g/mol. The molecule has 0 aromatic heterocycles. The molecule has 6 heteroatoms. The Bertz CT molecular complexity index is 902. The number of anilines is 2. The van der Waals surface area contributed by atoms with Crippen molar-refractivity contribution in [3.05, 3.63) is 54.1 Å². The van der Waals surface area contributed by atoms with E-state index in [0.29, 0.717) is 6.54 Å². The molecule has 2 fully saturated rings. The Hall–Kier alpha value is -2.86. The minimum Gasteiger partial charge on any atom is -0.497 e. The van der Waals surface area contributed by atoms with Gasteiger partial charge in [0.25, 0.3) is 0 Å². The van der Waals surface area contributed by atoms with Gasteiger partial charge in [-0.2, -0.15) is 0 Å². The Labute approximate surface area is 177 Å². The molecule has 1 heterocycles. The average Bonchev–Trinajstić information content (AvgIpc) is 3.17. The molecule has 30 heavy (non-hydrogen) atoms. The number of carbonyl (C=O) groups is 2.